The number of rotatable bonds is 2. The highest BCUT2D eigenvalue weighted by atomic mass is 32.1. The van der Waals surface area contributed by atoms with Crippen molar-refractivity contribution in [2.75, 3.05) is 12.4 Å². The van der Waals surface area contributed by atoms with Gasteiger partial charge in [-0.1, -0.05) is 17.4 Å². The van der Waals surface area contributed by atoms with Crippen molar-refractivity contribution in [1.82, 2.24) is 15.2 Å². The number of halogens is 1. The molecule has 0 aliphatic carbocycles. The summed E-state index contributed by atoms with van der Waals surface area (Å²) in [5.74, 6) is -0.510. The van der Waals surface area contributed by atoms with Crippen molar-refractivity contribution in [2.45, 2.75) is 0 Å². The Morgan fingerprint density at radius 2 is 2.21 bits per heavy atom. The monoisotopic (exact) mass is 210 g/mol. The third-order valence-corrected chi connectivity index (χ3v) is 2.54. The van der Waals surface area contributed by atoms with Gasteiger partial charge in [0, 0.05) is 7.05 Å². The van der Waals surface area contributed by atoms with Gasteiger partial charge in [0.15, 0.2) is 5.01 Å². The van der Waals surface area contributed by atoms with E-state index in [1.54, 1.807) is 19.2 Å². The van der Waals surface area contributed by atoms with E-state index >= 15 is 0 Å². The Hall–Kier alpha value is -1.56. The molecule has 4 nitrogen and oxygen atoms in total. The number of aromatic nitrogens is 3. The van der Waals surface area contributed by atoms with Crippen LogP contribution in [0.5, 0.6) is 0 Å². The molecule has 0 radical (unpaired) electrons. The lowest BCUT2D eigenvalue weighted by Crippen LogP contribution is -1.86. The van der Waals surface area contributed by atoms with Crippen LogP contribution in [0.25, 0.3) is 10.7 Å². The van der Waals surface area contributed by atoms with Crippen molar-refractivity contribution in [3.8, 4) is 10.7 Å². The fraction of sp³-hybridized carbons (Fsp3) is 0.125. The second-order valence-electron chi connectivity index (χ2n) is 2.51. The van der Waals surface area contributed by atoms with E-state index in [1.807, 2.05) is 0 Å². The lowest BCUT2D eigenvalue weighted by atomic mass is 10.4. The molecule has 0 aliphatic heterocycles. The molecule has 2 rings (SSSR count). The van der Waals surface area contributed by atoms with Gasteiger partial charge in [-0.2, -0.15) is 4.39 Å². The first-order chi connectivity index (χ1) is 6.79. The maximum absolute atomic E-state index is 12.8. The molecule has 0 amide bonds. The molecule has 0 saturated carbocycles. The average Bonchev–Trinajstić information content (AvgIpc) is 2.66. The van der Waals surface area contributed by atoms with Gasteiger partial charge in [0.05, 0.1) is 0 Å². The zero-order valence-corrected chi connectivity index (χ0v) is 8.18. The smallest absolute Gasteiger partial charge is 0.213 e. The van der Waals surface area contributed by atoms with Gasteiger partial charge >= 0.3 is 0 Å². The number of hydrogen-bond acceptors (Lipinski definition) is 5. The van der Waals surface area contributed by atoms with Crippen LogP contribution in [0.4, 0.5) is 9.52 Å². The second-order valence-corrected chi connectivity index (χ2v) is 3.49. The van der Waals surface area contributed by atoms with Gasteiger partial charge in [-0.05, 0) is 12.1 Å². The van der Waals surface area contributed by atoms with Crippen LogP contribution < -0.4 is 5.32 Å². The molecule has 0 saturated heterocycles. The Labute approximate surface area is 83.8 Å². The van der Waals surface area contributed by atoms with E-state index in [0.717, 1.165) is 0 Å². The molecule has 14 heavy (non-hydrogen) atoms. The van der Waals surface area contributed by atoms with E-state index < -0.39 is 5.95 Å². The first-order valence-electron chi connectivity index (χ1n) is 3.94. The van der Waals surface area contributed by atoms with Gasteiger partial charge in [-0.15, -0.1) is 10.2 Å². The molecule has 2 heterocycles. The summed E-state index contributed by atoms with van der Waals surface area (Å²) in [5.41, 5.74) is 0.504. The van der Waals surface area contributed by atoms with Crippen LogP contribution in [0.1, 0.15) is 0 Å². The summed E-state index contributed by atoms with van der Waals surface area (Å²) in [5, 5.41) is 11.9. The second kappa shape index (κ2) is 3.67. The van der Waals surface area contributed by atoms with E-state index in [-0.39, 0.29) is 0 Å². The van der Waals surface area contributed by atoms with Gasteiger partial charge in [0.25, 0.3) is 0 Å². The summed E-state index contributed by atoms with van der Waals surface area (Å²) in [6.45, 7) is 0. The van der Waals surface area contributed by atoms with Gasteiger partial charge < -0.3 is 5.32 Å². The largest absolute Gasteiger partial charge is 0.363 e. The van der Waals surface area contributed by atoms with Gasteiger partial charge in [-0.3, -0.25) is 0 Å². The van der Waals surface area contributed by atoms with Crippen molar-refractivity contribution < 1.29 is 4.39 Å². The third kappa shape index (κ3) is 1.69. The predicted octanol–water partition coefficient (Wildman–Crippen LogP) is 1.78. The van der Waals surface area contributed by atoms with Crippen LogP contribution in [0.3, 0.4) is 0 Å². The summed E-state index contributed by atoms with van der Waals surface area (Å²) in [7, 11) is 1.75. The fourth-order valence-corrected chi connectivity index (χ4v) is 1.62. The van der Waals surface area contributed by atoms with Crippen LogP contribution in [-0.2, 0) is 0 Å². The van der Waals surface area contributed by atoms with Crippen molar-refractivity contribution in [3.63, 3.8) is 0 Å². The number of nitrogens with zero attached hydrogens (tertiary/aromatic N) is 3. The fourth-order valence-electron chi connectivity index (χ4n) is 0.955. The van der Waals surface area contributed by atoms with Crippen LogP contribution >= 0.6 is 11.3 Å². The standard InChI is InChI=1S/C8H7FN4S/c1-10-8-13-12-7(14-8)5-3-2-4-6(9)11-5/h2-4H,1H3,(H,10,13). The first-order valence-corrected chi connectivity index (χ1v) is 4.75. The maximum Gasteiger partial charge on any atom is 0.213 e. The highest BCUT2D eigenvalue weighted by Crippen LogP contribution is 2.23. The van der Waals surface area contributed by atoms with E-state index in [9.17, 15) is 4.39 Å². The summed E-state index contributed by atoms with van der Waals surface area (Å²) >= 11 is 1.33. The minimum absolute atomic E-state index is 0.504. The Balaban J connectivity index is 2.39. The first kappa shape index (κ1) is 9.01. The zero-order valence-electron chi connectivity index (χ0n) is 7.36. The number of hydrogen-bond donors (Lipinski definition) is 1. The molecule has 0 spiro atoms. The number of pyridine rings is 1. The van der Waals surface area contributed by atoms with Crippen molar-refractivity contribution in [1.29, 1.82) is 0 Å². The summed E-state index contributed by atoms with van der Waals surface area (Å²) in [6, 6.07) is 4.59. The normalized spacial score (nSPS) is 10.1. The highest BCUT2D eigenvalue weighted by Gasteiger charge is 2.06. The van der Waals surface area contributed by atoms with E-state index in [1.165, 1.54) is 17.4 Å². The van der Waals surface area contributed by atoms with Crippen LogP contribution in [0.2, 0.25) is 0 Å². The van der Waals surface area contributed by atoms with Crippen LogP contribution in [0.15, 0.2) is 18.2 Å². The average molecular weight is 210 g/mol. The minimum Gasteiger partial charge on any atom is -0.363 e. The van der Waals surface area contributed by atoms with E-state index in [4.69, 9.17) is 0 Å². The summed E-state index contributed by atoms with van der Waals surface area (Å²) < 4.78 is 12.8. The Bertz CT molecular complexity index is 442. The summed E-state index contributed by atoms with van der Waals surface area (Å²) in [6.07, 6.45) is 0. The predicted molar refractivity (Wildman–Crippen MR) is 52.6 cm³/mol. The van der Waals surface area contributed by atoms with Crippen molar-refractivity contribution in [2.24, 2.45) is 0 Å². The van der Waals surface area contributed by atoms with Crippen LogP contribution in [0, 0.1) is 5.95 Å². The Morgan fingerprint density at radius 1 is 1.36 bits per heavy atom. The molecule has 0 aromatic carbocycles. The third-order valence-electron chi connectivity index (χ3n) is 1.57. The quantitative estimate of drug-likeness (QED) is 0.768. The SMILES string of the molecule is CNc1nnc(-c2cccc(F)n2)s1. The molecule has 0 atom stereocenters. The molecule has 2 aromatic rings. The zero-order chi connectivity index (χ0) is 9.97. The van der Waals surface area contributed by atoms with Gasteiger partial charge in [0.1, 0.15) is 5.69 Å². The van der Waals surface area contributed by atoms with Crippen molar-refractivity contribution in [3.05, 3.63) is 24.1 Å². The van der Waals surface area contributed by atoms with Crippen molar-refractivity contribution >= 4 is 16.5 Å². The highest BCUT2D eigenvalue weighted by molar-refractivity contribution is 7.18. The minimum atomic E-state index is -0.510. The molecule has 0 bridgehead atoms. The topological polar surface area (TPSA) is 50.7 Å². The molecule has 0 aliphatic rings. The number of anilines is 1. The van der Waals surface area contributed by atoms with Gasteiger partial charge in [0.2, 0.25) is 11.1 Å². The maximum atomic E-state index is 12.8. The van der Waals surface area contributed by atoms with E-state index in [2.05, 4.69) is 20.5 Å². The Morgan fingerprint density at radius 3 is 2.86 bits per heavy atom. The van der Waals surface area contributed by atoms with Gasteiger partial charge in [-0.25, -0.2) is 4.98 Å². The molecule has 0 fully saturated rings. The molecular formula is C8H7FN4S. The molecule has 0 unspecified atom stereocenters. The molecular weight excluding hydrogens is 203 g/mol. The molecule has 6 heteroatoms. The van der Waals surface area contributed by atoms with E-state index in [0.29, 0.717) is 15.8 Å². The van der Waals surface area contributed by atoms with Crippen LogP contribution in [-0.4, -0.2) is 22.2 Å². The summed E-state index contributed by atoms with van der Waals surface area (Å²) in [4.78, 5) is 3.70. The number of nitrogens with one attached hydrogen (secondary N) is 1. The lowest BCUT2D eigenvalue weighted by Gasteiger charge is -1.92. The Kier molecular flexibility index (Phi) is 2.36. The molecule has 1 N–H and O–H groups in total. The lowest BCUT2D eigenvalue weighted by molar-refractivity contribution is 0.585. The molecule has 2 aromatic heterocycles. The molecule has 72 valence electrons.